The Hall–Kier alpha value is -1.32. The van der Waals surface area contributed by atoms with Gasteiger partial charge in [-0.1, -0.05) is 13.8 Å². The number of urea groups is 1. The third-order valence-corrected chi connectivity index (χ3v) is 2.98. The van der Waals surface area contributed by atoms with E-state index in [0.29, 0.717) is 6.42 Å². The molecule has 0 aromatic heterocycles. The van der Waals surface area contributed by atoms with Crippen LogP contribution in [0.4, 0.5) is 4.79 Å². The van der Waals surface area contributed by atoms with Crippen molar-refractivity contribution in [3.63, 3.8) is 0 Å². The summed E-state index contributed by atoms with van der Waals surface area (Å²) in [7, 11) is 0. The molecule has 1 aliphatic heterocycles. The monoisotopic (exact) mass is 208 g/mol. The molecule has 0 radical (unpaired) electrons. The lowest BCUT2D eigenvalue weighted by Gasteiger charge is -2.34. The van der Waals surface area contributed by atoms with E-state index in [1.165, 1.54) is 0 Å². The minimum absolute atomic E-state index is 0.110. The molecule has 0 saturated heterocycles. The average molecular weight is 208 g/mol. The maximum atomic E-state index is 11.8. The van der Waals surface area contributed by atoms with Gasteiger partial charge in [-0.05, 0) is 18.8 Å². The van der Waals surface area contributed by atoms with Crippen molar-refractivity contribution in [2.24, 2.45) is 5.92 Å². The third kappa shape index (κ3) is 1.76. The zero-order chi connectivity index (χ0) is 11.0. The van der Waals surface area contributed by atoms with Crippen molar-refractivity contribution in [2.45, 2.75) is 39.2 Å². The Morgan fingerprint density at radius 1 is 1.27 bits per heavy atom. The lowest BCUT2D eigenvalue weighted by atomic mass is 9.84. The Bertz CT molecular complexity index is 344. The molecular formula is C11H16N2O2. The second-order valence-corrected chi connectivity index (χ2v) is 4.49. The Morgan fingerprint density at radius 3 is 2.67 bits per heavy atom. The molecule has 0 saturated carbocycles. The van der Waals surface area contributed by atoms with E-state index in [9.17, 15) is 9.59 Å². The molecule has 0 aromatic carbocycles. The van der Waals surface area contributed by atoms with Crippen LogP contribution in [0.3, 0.4) is 0 Å². The molecule has 0 fully saturated rings. The maximum absolute atomic E-state index is 11.8. The fraction of sp³-hybridized carbons (Fsp3) is 0.636. The van der Waals surface area contributed by atoms with Gasteiger partial charge in [-0.3, -0.25) is 4.79 Å². The average Bonchev–Trinajstić information content (AvgIpc) is 2.16. The molecule has 0 spiro atoms. The number of hydrogen-bond donors (Lipinski definition) is 2. The van der Waals surface area contributed by atoms with E-state index >= 15 is 0 Å². The van der Waals surface area contributed by atoms with Crippen LogP contribution in [0.2, 0.25) is 0 Å². The van der Waals surface area contributed by atoms with Gasteiger partial charge in [0.2, 0.25) is 0 Å². The molecule has 4 heteroatoms. The summed E-state index contributed by atoms with van der Waals surface area (Å²) >= 11 is 0. The van der Waals surface area contributed by atoms with E-state index in [2.05, 4.69) is 10.6 Å². The minimum atomic E-state index is -0.179. The molecule has 0 bridgehead atoms. The molecule has 2 aliphatic rings. The van der Waals surface area contributed by atoms with Crippen LogP contribution in [0.1, 0.15) is 33.1 Å². The number of allylic oxidation sites excluding steroid dienone is 1. The molecule has 82 valence electrons. The van der Waals surface area contributed by atoms with Crippen LogP contribution < -0.4 is 10.6 Å². The van der Waals surface area contributed by atoms with Gasteiger partial charge in [0.25, 0.3) is 0 Å². The highest BCUT2D eigenvalue weighted by Crippen LogP contribution is 2.27. The second kappa shape index (κ2) is 3.68. The van der Waals surface area contributed by atoms with Gasteiger partial charge in [-0.25, -0.2) is 4.79 Å². The van der Waals surface area contributed by atoms with Gasteiger partial charge in [0, 0.05) is 17.7 Å². The normalized spacial score (nSPS) is 26.2. The number of Topliss-reactive ketones (excluding diaryl/α,β-unsaturated/α-hetero) is 1. The fourth-order valence-electron chi connectivity index (χ4n) is 2.24. The van der Waals surface area contributed by atoms with E-state index in [4.69, 9.17) is 0 Å². The van der Waals surface area contributed by atoms with E-state index < -0.39 is 0 Å². The predicted octanol–water partition coefficient (Wildman–Crippen LogP) is 1.33. The van der Waals surface area contributed by atoms with Gasteiger partial charge in [0.1, 0.15) is 0 Å². The van der Waals surface area contributed by atoms with Crippen LogP contribution in [0.5, 0.6) is 0 Å². The van der Waals surface area contributed by atoms with Gasteiger partial charge >= 0.3 is 6.03 Å². The van der Waals surface area contributed by atoms with Crippen LogP contribution in [0.25, 0.3) is 0 Å². The Labute approximate surface area is 89.1 Å². The number of carbonyl (C=O) groups excluding carboxylic acids is 2. The molecular weight excluding hydrogens is 192 g/mol. The Kier molecular flexibility index (Phi) is 2.50. The molecule has 2 amide bonds. The lowest BCUT2D eigenvalue weighted by molar-refractivity contribution is -0.116. The first-order valence-corrected chi connectivity index (χ1v) is 5.43. The quantitative estimate of drug-likeness (QED) is 0.683. The summed E-state index contributed by atoms with van der Waals surface area (Å²) < 4.78 is 0. The van der Waals surface area contributed by atoms with Crippen molar-refractivity contribution in [1.29, 1.82) is 0 Å². The van der Waals surface area contributed by atoms with Gasteiger partial charge in [-0.2, -0.15) is 0 Å². The second-order valence-electron chi connectivity index (χ2n) is 4.49. The highest BCUT2D eigenvalue weighted by atomic mass is 16.2. The summed E-state index contributed by atoms with van der Waals surface area (Å²) in [5.41, 5.74) is 1.64. The number of amides is 2. The maximum Gasteiger partial charge on any atom is 0.319 e. The van der Waals surface area contributed by atoms with E-state index in [0.717, 1.165) is 24.1 Å². The van der Waals surface area contributed by atoms with Crippen molar-refractivity contribution in [3.05, 3.63) is 11.3 Å². The summed E-state index contributed by atoms with van der Waals surface area (Å²) in [6.45, 7) is 4.03. The van der Waals surface area contributed by atoms with Crippen LogP contribution in [0.15, 0.2) is 11.3 Å². The SMILES string of the molecule is CC(C)C1NC(=O)NC2=C1C(=O)CCC2. The molecule has 1 atom stereocenters. The molecule has 2 N–H and O–H groups in total. The third-order valence-electron chi connectivity index (χ3n) is 2.98. The van der Waals surface area contributed by atoms with Crippen molar-refractivity contribution in [2.75, 3.05) is 0 Å². The van der Waals surface area contributed by atoms with E-state index in [1.807, 2.05) is 13.8 Å². The van der Waals surface area contributed by atoms with Crippen LogP contribution in [-0.4, -0.2) is 17.9 Å². The molecule has 0 aromatic rings. The van der Waals surface area contributed by atoms with Gasteiger partial charge in [-0.15, -0.1) is 0 Å². The van der Waals surface area contributed by atoms with Crippen molar-refractivity contribution in [1.82, 2.24) is 10.6 Å². The zero-order valence-electron chi connectivity index (χ0n) is 9.09. The van der Waals surface area contributed by atoms with Crippen molar-refractivity contribution < 1.29 is 9.59 Å². The van der Waals surface area contributed by atoms with Crippen LogP contribution in [-0.2, 0) is 4.79 Å². The smallest absolute Gasteiger partial charge is 0.319 e. The van der Waals surface area contributed by atoms with Crippen LogP contribution >= 0.6 is 0 Å². The topological polar surface area (TPSA) is 58.2 Å². The molecule has 15 heavy (non-hydrogen) atoms. The number of rotatable bonds is 1. The number of carbonyl (C=O) groups is 2. The largest absolute Gasteiger partial charge is 0.331 e. The molecule has 1 aliphatic carbocycles. The Morgan fingerprint density at radius 2 is 2.00 bits per heavy atom. The molecule has 1 heterocycles. The highest BCUT2D eigenvalue weighted by Gasteiger charge is 2.34. The highest BCUT2D eigenvalue weighted by molar-refractivity contribution is 6.00. The standard InChI is InChI=1S/C11H16N2O2/c1-6(2)10-9-7(12-11(15)13-10)4-3-5-8(9)14/h6,10H,3-5H2,1-2H3,(H2,12,13,15). The fourth-order valence-corrected chi connectivity index (χ4v) is 2.24. The van der Waals surface area contributed by atoms with E-state index in [-0.39, 0.29) is 23.8 Å². The first-order chi connectivity index (χ1) is 7.09. The molecule has 4 nitrogen and oxygen atoms in total. The molecule has 1 unspecified atom stereocenters. The first kappa shape index (κ1) is 10.2. The van der Waals surface area contributed by atoms with Crippen molar-refractivity contribution >= 4 is 11.8 Å². The van der Waals surface area contributed by atoms with Gasteiger partial charge in [0.15, 0.2) is 5.78 Å². The predicted molar refractivity (Wildman–Crippen MR) is 56.2 cm³/mol. The summed E-state index contributed by atoms with van der Waals surface area (Å²) in [5.74, 6) is 0.436. The number of ketones is 1. The van der Waals surface area contributed by atoms with E-state index in [1.54, 1.807) is 0 Å². The summed E-state index contributed by atoms with van der Waals surface area (Å²) in [6.07, 6.45) is 2.28. The summed E-state index contributed by atoms with van der Waals surface area (Å²) in [6, 6.07) is -0.288. The summed E-state index contributed by atoms with van der Waals surface area (Å²) in [5, 5.41) is 5.56. The van der Waals surface area contributed by atoms with Gasteiger partial charge < -0.3 is 10.6 Å². The summed E-state index contributed by atoms with van der Waals surface area (Å²) in [4.78, 5) is 23.2. The first-order valence-electron chi connectivity index (χ1n) is 5.43. The van der Waals surface area contributed by atoms with Crippen molar-refractivity contribution in [3.8, 4) is 0 Å². The molecule has 2 rings (SSSR count). The minimum Gasteiger partial charge on any atom is -0.331 e. The number of nitrogens with one attached hydrogen (secondary N) is 2. The lowest BCUT2D eigenvalue weighted by Crippen LogP contribution is -2.53. The number of hydrogen-bond acceptors (Lipinski definition) is 2. The Balaban J connectivity index is 2.39. The van der Waals surface area contributed by atoms with Gasteiger partial charge in [0.05, 0.1) is 6.04 Å². The van der Waals surface area contributed by atoms with Crippen LogP contribution in [0, 0.1) is 5.92 Å². The zero-order valence-corrected chi connectivity index (χ0v) is 9.09.